The number of anilines is 1. The number of amides is 1. The quantitative estimate of drug-likeness (QED) is 0.0456. The molecule has 2 N–H and O–H groups in total. The molecule has 2 unspecified atom stereocenters. The minimum Gasteiger partial charge on any atom is -0.379 e. The molecule has 356 valence electrons. The third kappa shape index (κ3) is 22.1. The Labute approximate surface area is 388 Å². The van der Waals surface area contributed by atoms with Gasteiger partial charge in [-0.3, -0.25) is 14.4 Å². The van der Waals surface area contributed by atoms with Gasteiger partial charge in [-0.25, -0.2) is 9.67 Å². The zero-order chi connectivity index (χ0) is 45.6. The van der Waals surface area contributed by atoms with Gasteiger partial charge in [0.2, 0.25) is 11.9 Å². The van der Waals surface area contributed by atoms with E-state index in [0.29, 0.717) is 116 Å². The highest BCUT2D eigenvalue weighted by atomic mass is 33.1. The van der Waals surface area contributed by atoms with Gasteiger partial charge in [-0.2, -0.15) is 9.97 Å². The van der Waals surface area contributed by atoms with Crippen LogP contribution in [-0.4, -0.2) is 125 Å². The zero-order valence-electron chi connectivity index (χ0n) is 38.6. The Bertz CT molecular complexity index is 1800. The lowest BCUT2D eigenvalue weighted by atomic mass is 9.99. The van der Waals surface area contributed by atoms with Crippen molar-refractivity contribution in [3.8, 4) is 0 Å². The molecule has 0 bridgehead atoms. The summed E-state index contributed by atoms with van der Waals surface area (Å²) in [5.74, 6) is 2.01. The number of Topliss-reactive ketones (excluding diaryl/α,β-unsaturated/α-hetero) is 2. The number of carbonyl (C=O) groups excluding carboxylic acids is 3. The molecule has 64 heavy (non-hydrogen) atoms. The molecule has 3 aromatic rings. The maximum absolute atomic E-state index is 12.7. The van der Waals surface area contributed by atoms with Gasteiger partial charge in [0.1, 0.15) is 35.8 Å². The monoisotopic (exact) mass is 928 g/mol. The van der Waals surface area contributed by atoms with Gasteiger partial charge in [-0.1, -0.05) is 78.1 Å². The van der Waals surface area contributed by atoms with Gasteiger partial charge >= 0.3 is 0 Å². The van der Waals surface area contributed by atoms with Gasteiger partial charge < -0.3 is 34.3 Å². The molecule has 2 heterocycles. The molecule has 2 aromatic heterocycles. The molecule has 1 aromatic carbocycles. The standard InChI is InChI=1S/C46H72N8O8S2/c1-5-6-25-58-29-31-61-32-30-59-26-13-19-43-49-42(18-12-22-47-44(57)21-20-37(4)63-64-41-17-11-10-14-38(41)33-35(2)55)50-46(51-43)48-23-27-60-28-24-54-39-15-8-7-9-16-40(45(39)52-53-54)62-34-36(3)56/h10-11,14,17,37,40H,5-9,12-13,15-16,18-34H2,1-4H3,(H,47,57)(H,48,49,50,51). The first-order valence-electron chi connectivity index (χ1n) is 23.2. The van der Waals surface area contributed by atoms with E-state index in [2.05, 4.69) is 34.8 Å². The molecule has 0 saturated heterocycles. The number of fused-ring (bicyclic) bond motifs is 1. The fourth-order valence-electron chi connectivity index (χ4n) is 6.81. The van der Waals surface area contributed by atoms with E-state index in [1.54, 1.807) is 28.5 Å². The van der Waals surface area contributed by atoms with E-state index in [-0.39, 0.29) is 35.4 Å². The number of hydrogen-bond acceptors (Lipinski definition) is 16. The van der Waals surface area contributed by atoms with Crippen LogP contribution in [0.5, 0.6) is 0 Å². The van der Waals surface area contributed by atoms with Crippen molar-refractivity contribution in [2.75, 3.05) is 77.9 Å². The third-order valence-corrected chi connectivity index (χ3v) is 13.3. The number of nitrogens with zero attached hydrogens (tertiary/aromatic N) is 6. The summed E-state index contributed by atoms with van der Waals surface area (Å²) in [4.78, 5) is 51.3. The summed E-state index contributed by atoms with van der Waals surface area (Å²) in [7, 11) is 3.39. The van der Waals surface area contributed by atoms with Crippen LogP contribution in [0.25, 0.3) is 0 Å². The number of hydrogen-bond donors (Lipinski definition) is 2. The second-order valence-electron chi connectivity index (χ2n) is 16.0. The number of aryl methyl sites for hydroxylation is 2. The highest BCUT2D eigenvalue weighted by molar-refractivity contribution is 8.77. The predicted molar refractivity (Wildman–Crippen MR) is 251 cm³/mol. The average Bonchev–Trinajstić information content (AvgIpc) is 3.66. The summed E-state index contributed by atoms with van der Waals surface area (Å²) in [6.07, 6.45) is 11.1. The summed E-state index contributed by atoms with van der Waals surface area (Å²) in [6, 6.07) is 7.99. The first-order valence-corrected chi connectivity index (χ1v) is 25.4. The van der Waals surface area contributed by atoms with Crippen molar-refractivity contribution in [2.45, 2.75) is 140 Å². The second kappa shape index (κ2) is 32.2. The fourth-order valence-corrected chi connectivity index (χ4v) is 9.25. The molecule has 0 aliphatic heterocycles. The van der Waals surface area contributed by atoms with Crippen molar-refractivity contribution in [3.05, 3.63) is 52.9 Å². The van der Waals surface area contributed by atoms with Gasteiger partial charge in [0.25, 0.3) is 0 Å². The SMILES string of the molecule is CCCCOCCOCCOCCCc1nc(CCCNC(=O)CCC(C)SSc2ccccc2CC(C)=O)nc(NCCOCCn2nnc3c2CCCCCC3OCC(C)=O)n1. The van der Waals surface area contributed by atoms with Crippen LogP contribution in [0.15, 0.2) is 29.2 Å². The van der Waals surface area contributed by atoms with Crippen LogP contribution < -0.4 is 10.6 Å². The van der Waals surface area contributed by atoms with E-state index in [1.807, 2.05) is 28.9 Å². The number of ether oxygens (including phenoxy) is 5. The maximum atomic E-state index is 12.7. The van der Waals surface area contributed by atoms with E-state index in [9.17, 15) is 14.4 Å². The minimum absolute atomic E-state index is 0.000390. The molecular formula is C46H72N8O8S2. The molecule has 0 spiro atoms. The van der Waals surface area contributed by atoms with Crippen molar-refractivity contribution in [1.82, 2.24) is 35.3 Å². The summed E-state index contributed by atoms with van der Waals surface area (Å²) in [5.41, 5.74) is 2.94. The van der Waals surface area contributed by atoms with Crippen LogP contribution in [0.2, 0.25) is 0 Å². The van der Waals surface area contributed by atoms with E-state index in [1.165, 1.54) is 6.92 Å². The van der Waals surface area contributed by atoms with Gasteiger partial charge in [-0.15, -0.1) is 5.10 Å². The van der Waals surface area contributed by atoms with Crippen molar-refractivity contribution >= 4 is 45.0 Å². The van der Waals surface area contributed by atoms with Crippen LogP contribution in [0, 0.1) is 0 Å². The number of benzene rings is 1. The first kappa shape index (κ1) is 53.1. The fraction of sp³-hybridized carbons (Fsp3) is 0.696. The molecule has 0 radical (unpaired) electrons. The number of unbranched alkanes of at least 4 members (excludes halogenated alkanes) is 1. The Balaban J connectivity index is 1.20. The molecule has 2 atom stereocenters. The molecule has 0 fully saturated rings. The van der Waals surface area contributed by atoms with Crippen molar-refractivity contribution in [2.24, 2.45) is 0 Å². The van der Waals surface area contributed by atoms with Crippen LogP contribution in [0.3, 0.4) is 0 Å². The Kier molecular flexibility index (Phi) is 26.7. The summed E-state index contributed by atoms with van der Waals surface area (Å²) >= 11 is 0. The maximum Gasteiger partial charge on any atom is 0.226 e. The van der Waals surface area contributed by atoms with E-state index >= 15 is 0 Å². The first-order chi connectivity index (χ1) is 31.2. The van der Waals surface area contributed by atoms with Crippen LogP contribution in [0.1, 0.15) is 127 Å². The van der Waals surface area contributed by atoms with Gasteiger partial charge in [0.05, 0.1) is 51.9 Å². The molecule has 1 aliphatic rings. The Hall–Kier alpha value is -3.52. The Morgan fingerprint density at radius 2 is 1.55 bits per heavy atom. The molecule has 4 rings (SSSR count). The lowest BCUT2D eigenvalue weighted by molar-refractivity contribution is -0.124. The average molecular weight is 929 g/mol. The van der Waals surface area contributed by atoms with Gasteiger partial charge in [0, 0.05) is 62.1 Å². The van der Waals surface area contributed by atoms with E-state index in [0.717, 1.165) is 86.2 Å². The van der Waals surface area contributed by atoms with Gasteiger partial charge in [0.15, 0.2) is 5.78 Å². The Morgan fingerprint density at radius 3 is 2.30 bits per heavy atom. The molecule has 1 amide bonds. The van der Waals surface area contributed by atoms with Crippen molar-refractivity contribution < 1.29 is 38.1 Å². The molecule has 16 nitrogen and oxygen atoms in total. The third-order valence-electron chi connectivity index (χ3n) is 10.2. The van der Waals surface area contributed by atoms with E-state index in [4.69, 9.17) is 38.6 Å². The second-order valence-corrected chi connectivity index (χ2v) is 18.7. The minimum atomic E-state index is -0.214. The normalized spacial score (nSPS) is 14.4. The largest absolute Gasteiger partial charge is 0.379 e. The molecular weight excluding hydrogens is 857 g/mol. The number of aromatic nitrogens is 6. The predicted octanol–water partition coefficient (Wildman–Crippen LogP) is 6.93. The van der Waals surface area contributed by atoms with E-state index < -0.39 is 0 Å². The Morgan fingerprint density at radius 1 is 0.828 bits per heavy atom. The van der Waals surface area contributed by atoms with Gasteiger partial charge in [-0.05, 0) is 70.4 Å². The van der Waals surface area contributed by atoms with Crippen molar-refractivity contribution in [3.63, 3.8) is 0 Å². The highest BCUT2D eigenvalue weighted by Crippen LogP contribution is 2.38. The number of nitrogens with one attached hydrogen (secondary N) is 2. The summed E-state index contributed by atoms with van der Waals surface area (Å²) < 4.78 is 30.7. The topological polar surface area (TPSA) is 191 Å². The lowest BCUT2D eigenvalue weighted by Crippen LogP contribution is -2.25. The van der Waals surface area contributed by atoms with Crippen LogP contribution >= 0.6 is 21.6 Å². The molecule has 0 saturated carbocycles. The molecule has 1 aliphatic carbocycles. The van der Waals surface area contributed by atoms with Crippen LogP contribution in [0.4, 0.5) is 5.95 Å². The van der Waals surface area contributed by atoms with Crippen molar-refractivity contribution in [1.29, 1.82) is 0 Å². The summed E-state index contributed by atoms with van der Waals surface area (Å²) in [5, 5.41) is 15.5. The zero-order valence-corrected chi connectivity index (χ0v) is 40.2. The highest BCUT2D eigenvalue weighted by Gasteiger charge is 2.24. The van der Waals surface area contributed by atoms with Crippen LogP contribution in [-0.2, 0) is 70.3 Å². The number of rotatable bonds is 35. The lowest BCUT2D eigenvalue weighted by Gasteiger charge is -2.19. The molecule has 18 heteroatoms. The number of carbonyl (C=O) groups is 3. The summed E-state index contributed by atoms with van der Waals surface area (Å²) in [6.45, 7) is 13.5. The smallest absolute Gasteiger partial charge is 0.226 e. The number of ketones is 2.